The first-order valence-corrected chi connectivity index (χ1v) is 8.89. The normalized spacial score (nSPS) is 17.8. The van der Waals surface area contributed by atoms with Crippen molar-refractivity contribution in [2.45, 2.75) is 24.1 Å². The molecule has 0 saturated carbocycles. The number of nitrogens with zero attached hydrogens (tertiary/aromatic N) is 4. The number of carbonyl (C=O) groups excluding carboxylic acids is 1. The van der Waals surface area contributed by atoms with Gasteiger partial charge in [-0.2, -0.15) is 0 Å². The van der Waals surface area contributed by atoms with Crippen molar-refractivity contribution in [3.63, 3.8) is 0 Å². The molecule has 0 spiro atoms. The molecule has 1 atom stereocenters. The van der Waals surface area contributed by atoms with Crippen molar-refractivity contribution in [1.82, 2.24) is 25.5 Å². The van der Waals surface area contributed by atoms with Crippen molar-refractivity contribution < 1.29 is 9.53 Å². The maximum Gasteiger partial charge on any atom is 0.261 e. The minimum Gasteiger partial charge on any atom is -0.373 e. The molecule has 0 unspecified atom stereocenters. The zero-order valence-corrected chi connectivity index (χ0v) is 13.8. The summed E-state index contributed by atoms with van der Waals surface area (Å²) in [4.78, 5) is 14.0. The highest BCUT2D eigenvalue weighted by atomic mass is 32.2. The van der Waals surface area contributed by atoms with Gasteiger partial charge in [-0.1, -0.05) is 11.8 Å². The number of thiophene rings is 1. The molecular weight excluding hydrogens is 322 g/mol. The second-order valence-corrected chi connectivity index (χ2v) is 7.07. The molecule has 1 N–H and O–H groups in total. The van der Waals surface area contributed by atoms with E-state index in [0.29, 0.717) is 6.54 Å². The average Bonchev–Trinajstić information content (AvgIpc) is 3.24. The first kappa shape index (κ1) is 15.4. The molecule has 0 bridgehead atoms. The smallest absolute Gasteiger partial charge is 0.261 e. The van der Waals surface area contributed by atoms with Gasteiger partial charge in [-0.25, -0.2) is 4.68 Å². The van der Waals surface area contributed by atoms with Gasteiger partial charge in [-0.3, -0.25) is 4.79 Å². The maximum atomic E-state index is 12.1. The fourth-order valence-corrected chi connectivity index (χ4v) is 3.90. The predicted molar refractivity (Wildman–Crippen MR) is 84.1 cm³/mol. The lowest BCUT2D eigenvalue weighted by atomic mass is 10.2. The molecule has 0 aliphatic carbocycles. The molecule has 2 aromatic heterocycles. The van der Waals surface area contributed by atoms with E-state index in [1.807, 2.05) is 12.1 Å². The summed E-state index contributed by atoms with van der Waals surface area (Å²) in [7, 11) is 1.79. The van der Waals surface area contributed by atoms with Crippen LogP contribution in [-0.2, 0) is 11.8 Å². The summed E-state index contributed by atoms with van der Waals surface area (Å²) in [6.45, 7) is 1.39. The number of amides is 1. The monoisotopic (exact) mass is 339 g/mol. The number of nitrogens with one attached hydrogen (secondary N) is 1. The summed E-state index contributed by atoms with van der Waals surface area (Å²) in [6, 6.07) is 3.87. The Hall–Kier alpha value is -1.45. The van der Waals surface area contributed by atoms with E-state index >= 15 is 0 Å². The van der Waals surface area contributed by atoms with Gasteiger partial charge in [0.15, 0.2) is 0 Å². The highest BCUT2D eigenvalue weighted by Gasteiger charge is 2.20. The summed E-state index contributed by atoms with van der Waals surface area (Å²) in [5, 5.41) is 14.9. The van der Waals surface area contributed by atoms with Gasteiger partial charge < -0.3 is 10.1 Å². The summed E-state index contributed by atoms with van der Waals surface area (Å²) < 4.78 is 7.25. The van der Waals surface area contributed by atoms with E-state index in [4.69, 9.17) is 4.74 Å². The van der Waals surface area contributed by atoms with Crippen LogP contribution in [0.2, 0.25) is 0 Å². The van der Waals surface area contributed by atoms with Crippen LogP contribution in [0.3, 0.4) is 0 Å². The van der Waals surface area contributed by atoms with Gasteiger partial charge in [0.25, 0.3) is 5.91 Å². The van der Waals surface area contributed by atoms with E-state index in [-0.39, 0.29) is 12.0 Å². The molecule has 9 heteroatoms. The summed E-state index contributed by atoms with van der Waals surface area (Å²) in [6.07, 6.45) is 2.31. The third-order valence-corrected chi connectivity index (χ3v) is 5.49. The number of carbonyl (C=O) groups is 1. The quantitative estimate of drug-likeness (QED) is 0.636. The number of hydrogen-bond donors (Lipinski definition) is 1. The second kappa shape index (κ2) is 7.21. The van der Waals surface area contributed by atoms with Crippen molar-refractivity contribution in [3.05, 3.63) is 21.9 Å². The minimum absolute atomic E-state index is 0.0362. The van der Waals surface area contributed by atoms with E-state index < -0.39 is 0 Å². The molecular formula is C13H17N5O2S2. The number of rotatable bonds is 6. The van der Waals surface area contributed by atoms with Crippen LogP contribution in [-0.4, -0.2) is 45.0 Å². The molecule has 0 radical (unpaired) electrons. The van der Waals surface area contributed by atoms with E-state index in [0.717, 1.165) is 40.1 Å². The standard InChI is InChI=1S/C13H17N5O2S2/c1-18-13(15-16-17-18)21-8-6-14-12(19)11-5-4-10(22-11)9-3-2-7-20-9/h4-5,9H,2-3,6-8H2,1H3,(H,14,19)/t9-/m1/s1. The maximum absolute atomic E-state index is 12.1. The molecule has 2 aromatic rings. The van der Waals surface area contributed by atoms with Gasteiger partial charge in [0, 0.05) is 30.8 Å². The first-order valence-electron chi connectivity index (χ1n) is 7.09. The fourth-order valence-electron chi connectivity index (χ4n) is 2.19. The van der Waals surface area contributed by atoms with E-state index in [1.165, 1.54) is 23.1 Å². The summed E-state index contributed by atoms with van der Waals surface area (Å²) in [5.74, 6) is 0.690. The van der Waals surface area contributed by atoms with Gasteiger partial charge in [0.1, 0.15) is 0 Å². The van der Waals surface area contributed by atoms with Crippen LogP contribution in [0, 0.1) is 0 Å². The van der Waals surface area contributed by atoms with Crippen molar-refractivity contribution >= 4 is 29.0 Å². The van der Waals surface area contributed by atoms with Crippen molar-refractivity contribution in [3.8, 4) is 0 Å². The number of thioether (sulfide) groups is 1. The average molecular weight is 339 g/mol. The van der Waals surface area contributed by atoms with Crippen LogP contribution in [0.25, 0.3) is 0 Å². The van der Waals surface area contributed by atoms with Crippen LogP contribution < -0.4 is 5.32 Å². The number of aromatic nitrogens is 4. The van der Waals surface area contributed by atoms with Gasteiger partial charge in [0.05, 0.1) is 11.0 Å². The van der Waals surface area contributed by atoms with Gasteiger partial charge >= 0.3 is 0 Å². The van der Waals surface area contributed by atoms with Gasteiger partial charge in [-0.15, -0.1) is 16.4 Å². The molecule has 1 aliphatic heterocycles. The first-order chi connectivity index (χ1) is 10.7. The Kier molecular flexibility index (Phi) is 5.06. The minimum atomic E-state index is -0.0362. The molecule has 1 fully saturated rings. The molecule has 1 aliphatic rings. The van der Waals surface area contributed by atoms with Crippen LogP contribution in [0.15, 0.2) is 17.3 Å². The molecule has 3 rings (SSSR count). The molecule has 1 saturated heterocycles. The zero-order chi connectivity index (χ0) is 15.4. The summed E-state index contributed by atoms with van der Waals surface area (Å²) in [5.41, 5.74) is 0. The largest absolute Gasteiger partial charge is 0.373 e. The Labute approximate surface area is 136 Å². The number of aryl methyl sites for hydroxylation is 1. The third-order valence-electron chi connectivity index (χ3n) is 3.30. The number of tetrazole rings is 1. The van der Waals surface area contributed by atoms with Crippen molar-refractivity contribution in [2.75, 3.05) is 18.9 Å². The Morgan fingerprint density at radius 2 is 2.50 bits per heavy atom. The molecule has 22 heavy (non-hydrogen) atoms. The van der Waals surface area contributed by atoms with Crippen LogP contribution >= 0.6 is 23.1 Å². The Balaban J connectivity index is 1.44. The van der Waals surface area contributed by atoms with Crippen LogP contribution in [0.1, 0.15) is 33.5 Å². The molecule has 3 heterocycles. The van der Waals surface area contributed by atoms with Gasteiger partial charge in [0.2, 0.25) is 5.16 Å². The lowest BCUT2D eigenvalue weighted by Gasteiger charge is -2.05. The molecule has 7 nitrogen and oxygen atoms in total. The highest BCUT2D eigenvalue weighted by Crippen LogP contribution is 2.33. The fraction of sp³-hybridized carbons (Fsp3) is 0.538. The van der Waals surface area contributed by atoms with Crippen LogP contribution in [0.5, 0.6) is 0 Å². The summed E-state index contributed by atoms with van der Waals surface area (Å²) >= 11 is 3.03. The Bertz CT molecular complexity index is 636. The Morgan fingerprint density at radius 3 is 3.23 bits per heavy atom. The van der Waals surface area contributed by atoms with E-state index in [1.54, 1.807) is 11.7 Å². The topological polar surface area (TPSA) is 81.9 Å². The van der Waals surface area contributed by atoms with E-state index in [2.05, 4.69) is 20.8 Å². The molecule has 118 valence electrons. The number of hydrogen-bond acceptors (Lipinski definition) is 7. The lowest BCUT2D eigenvalue weighted by Crippen LogP contribution is -2.24. The Morgan fingerprint density at radius 1 is 1.59 bits per heavy atom. The lowest BCUT2D eigenvalue weighted by molar-refractivity contribution is 0.0960. The van der Waals surface area contributed by atoms with Gasteiger partial charge in [-0.05, 0) is 35.4 Å². The third kappa shape index (κ3) is 3.65. The SMILES string of the molecule is Cn1nnnc1SCCNC(=O)c1ccc([C@H]2CCCO2)s1. The predicted octanol–water partition coefficient (Wildman–Crippen LogP) is 1.65. The molecule has 1 amide bonds. The highest BCUT2D eigenvalue weighted by molar-refractivity contribution is 7.99. The number of ether oxygens (including phenoxy) is 1. The van der Waals surface area contributed by atoms with E-state index in [9.17, 15) is 4.79 Å². The molecule has 0 aromatic carbocycles. The zero-order valence-electron chi connectivity index (χ0n) is 12.2. The van der Waals surface area contributed by atoms with Crippen molar-refractivity contribution in [2.24, 2.45) is 7.05 Å². The second-order valence-electron chi connectivity index (χ2n) is 4.89. The van der Waals surface area contributed by atoms with Crippen LogP contribution in [0.4, 0.5) is 0 Å². The van der Waals surface area contributed by atoms with Crippen molar-refractivity contribution in [1.29, 1.82) is 0 Å².